The van der Waals surface area contributed by atoms with E-state index in [1.165, 1.54) is 19.1 Å². The maximum Gasteiger partial charge on any atom is 0.254 e. The van der Waals surface area contributed by atoms with Crippen LogP contribution in [0.15, 0.2) is 16.7 Å². The maximum atomic E-state index is 11.9. The third-order valence-electron chi connectivity index (χ3n) is 3.60. The molecule has 0 saturated heterocycles. The van der Waals surface area contributed by atoms with E-state index >= 15 is 0 Å². The summed E-state index contributed by atoms with van der Waals surface area (Å²) in [6.45, 7) is 2.46. The average Bonchev–Trinajstić information content (AvgIpc) is 2.74. The van der Waals surface area contributed by atoms with Crippen molar-refractivity contribution in [1.82, 2.24) is 5.32 Å². The van der Waals surface area contributed by atoms with Gasteiger partial charge in [0.1, 0.15) is 5.76 Å². The lowest BCUT2D eigenvalue weighted by Crippen LogP contribution is -2.41. The van der Waals surface area contributed by atoms with E-state index in [2.05, 4.69) is 5.32 Å². The summed E-state index contributed by atoms with van der Waals surface area (Å²) in [5.74, 6) is 1.02. The van der Waals surface area contributed by atoms with Crippen LogP contribution in [0, 0.1) is 12.8 Å². The molecule has 1 aliphatic carbocycles. The lowest BCUT2D eigenvalue weighted by molar-refractivity contribution is 0.0940. The van der Waals surface area contributed by atoms with Gasteiger partial charge in [-0.15, -0.1) is 0 Å². The Kier molecular flexibility index (Phi) is 3.84. The first-order valence-electron chi connectivity index (χ1n) is 6.26. The molecule has 1 fully saturated rings. The first-order valence-corrected chi connectivity index (χ1v) is 6.26. The maximum absolute atomic E-state index is 11.9. The first kappa shape index (κ1) is 12.2. The highest BCUT2D eigenvalue weighted by Gasteiger charge is 2.22. The Bertz CT molecular complexity index is 387. The van der Waals surface area contributed by atoms with Crippen LogP contribution in [-0.4, -0.2) is 18.5 Å². The standard InChI is InChI=1S/C13H20N2O2/c1-9-11(6-7-17-9)13(16)15-8-10-4-2-3-5-12(10)14/h6-7,10,12H,2-5,8,14H2,1H3,(H,15,16). The van der Waals surface area contributed by atoms with Gasteiger partial charge in [0.05, 0.1) is 11.8 Å². The number of nitrogens with two attached hydrogens (primary N) is 1. The fourth-order valence-corrected chi connectivity index (χ4v) is 2.43. The van der Waals surface area contributed by atoms with Crippen LogP contribution in [0.25, 0.3) is 0 Å². The molecule has 2 rings (SSSR count). The molecule has 1 saturated carbocycles. The van der Waals surface area contributed by atoms with Gasteiger partial charge >= 0.3 is 0 Å². The molecule has 0 aliphatic heterocycles. The molecule has 3 N–H and O–H groups in total. The summed E-state index contributed by atoms with van der Waals surface area (Å²) < 4.78 is 5.11. The highest BCUT2D eigenvalue weighted by molar-refractivity contribution is 5.95. The summed E-state index contributed by atoms with van der Waals surface area (Å²) in [6.07, 6.45) is 6.17. The van der Waals surface area contributed by atoms with Gasteiger partial charge in [0.2, 0.25) is 0 Å². The SMILES string of the molecule is Cc1occc1C(=O)NCC1CCCCC1N. The second kappa shape index (κ2) is 5.36. The van der Waals surface area contributed by atoms with Crippen molar-refractivity contribution >= 4 is 5.91 Å². The fraction of sp³-hybridized carbons (Fsp3) is 0.615. The van der Waals surface area contributed by atoms with E-state index in [-0.39, 0.29) is 11.9 Å². The van der Waals surface area contributed by atoms with Crippen LogP contribution >= 0.6 is 0 Å². The second-order valence-electron chi connectivity index (χ2n) is 4.81. The van der Waals surface area contributed by atoms with Crippen molar-refractivity contribution in [3.05, 3.63) is 23.7 Å². The number of hydrogen-bond donors (Lipinski definition) is 2. The summed E-state index contributed by atoms with van der Waals surface area (Å²) in [5, 5.41) is 2.95. The topological polar surface area (TPSA) is 68.3 Å². The van der Waals surface area contributed by atoms with Crippen LogP contribution in [0.1, 0.15) is 41.8 Å². The Morgan fingerprint density at radius 1 is 1.53 bits per heavy atom. The number of carbonyl (C=O) groups excluding carboxylic acids is 1. The van der Waals surface area contributed by atoms with E-state index in [9.17, 15) is 4.79 Å². The molecule has 94 valence electrons. The largest absolute Gasteiger partial charge is 0.469 e. The van der Waals surface area contributed by atoms with E-state index in [0.29, 0.717) is 23.8 Å². The van der Waals surface area contributed by atoms with Crippen molar-refractivity contribution in [3.63, 3.8) is 0 Å². The van der Waals surface area contributed by atoms with Gasteiger partial charge in [-0.3, -0.25) is 4.79 Å². The molecule has 0 aromatic carbocycles. The lowest BCUT2D eigenvalue weighted by atomic mass is 9.85. The average molecular weight is 236 g/mol. The van der Waals surface area contributed by atoms with Crippen molar-refractivity contribution in [2.24, 2.45) is 11.7 Å². The highest BCUT2D eigenvalue weighted by atomic mass is 16.3. The molecule has 2 unspecified atom stereocenters. The minimum absolute atomic E-state index is 0.0611. The van der Waals surface area contributed by atoms with Crippen LogP contribution in [0.5, 0.6) is 0 Å². The molecular weight excluding hydrogens is 216 g/mol. The van der Waals surface area contributed by atoms with Gasteiger partial charge in [-0.1, -0.05) is 12.8 Å². The van der Waals surface area contributed by atoms with Crippen LogP contribution in [-0.2, 0) is 0 Å². The second-order valence-corrected chi connectivity index (χ2v) is 4.81. The molecule has 2 atom stereocenters. The molecular formula is C13H20N2O2. The van der Waals surface area contributed by atoms with E-state index < -0.39 is 0 Å². The number of furan rings is 1. The molecule has 0 spiro atoms. The Morgan fingerprint density at radius 3 is 2.94 bits per heavy atom. The fourth-order valence-electron chi connectivity index (χ4n) is 2.43. The Morgan fingerprint density at radius 2 is 2.29 bits per heavy atom. The van der Waals surface area contributed by atoms with Gasteiger partial charge in [0.15, 0.2) is 0 Å². The minimum Gasteiger partial charge on any atom is -0.469 e. The summed E-state index contributed by atoms with van der Waals surface area (Å²) in [4.78, 5) is 11.9. The zero-order valence-corrected chi connectivity index (χ0v) is 10.2. The lowest BCUT2D eigenvalue weighted by Gasteiger charge is -2.28. The van der Waals surface area contributed by atoms with Gasteiger partial charge in [0.25, 0.3) is 5.91 Å². The number of aryl methyl sites for hydroxylation is 1. The number of amides is 1. The van der Waals surface area contributed by atoms with Crippen LogP contribution in [0.4, 0.5) is 0 Å². The van der Waals surface area contributed by atoms with Gasteiger partial charge in [-0.05, 0) is 31.7 Å². The van der Waals surface area contributed by atoms with E-state index in [1.54, 1.807) is 13.0 Å². The highest BCUT2D eigenvalue weighted by Crippen LogP contribution is 2.22. The summed E-state index contributed by atoms with van der Waals surface area (Å²) in [7, 11) is 0. The molecule has 4 heteroatoms. The number of rotatable bonds is 3. The number of nitrogens with one attached hydrogen (secondary N) is 1. The molecule has 1 aromatic heterocycles. The normalized spacial score (nSPS) is 24.6. The van der Waals surface area contributed by atoms with Crippen LogP contribution in [0.2, 0.25) is 0 Å². The first-order chi connectivity index (χ1) is 8.18. The van der Waals surface area contributed by atoms with E-state index in [4.69, 9.17) is 10.2 Å². The van der Waals surface area contributed by atoms with E-state index in [0.717, 1.165) is 12.8 Å². The molecule has 17 heavy (non-hydrogen) atoms. The third-order valence-corrected chi connectivity index (χ3v) is 3.60. The number of hydrogen-bond acceptors (Lipinski definition) is 3. The quantitative estimate of drug-likeness (QED) is 0.841. The monoisotopic (exact) mass is 236 g/mol. The van der Waals surface area contributed by atoms with Crippen molar-refractivity contribution in [2.45, 2.75) is 38.6 Å². The van der Waals surface area contributed by atoms with E-state index in [1.807, 2.05) is 0 Å². The summed E-state index contributed by atoms with van der Waals surface area (Å²) in [6, 6.07) is 1.93. The van der Waals surface area contributed by atoms with Crippen LogP contribution in [0.3, 0.4) is 0 Å². The molecule has 1 amide bonds. The molecule has 1 heterocycles. The van der Waals surface area contributed by atoms with Gasteiger partial charge in [0, 0.05) is 12.6 Å². The summed E-state index contributed by atoms with van der Waals surface area (Å²) in [5.41, 5.74) is 6.66. The number of carbonyl (C=O) groups is 1. The van der Waals surface area contributed by atoms with Crippen molar-refractivity contribution < 1.29 is 9.21 Å². The molecule has 4 nitrogen and oxygen atoms in total. The van der Waals surface area contributed by atoms with Crippen molar-refractivity contribution in [2.75, 3.05) is 6.54 Å². The zero-order valence-electron chi connectivity index (χ0n) is 10.2. The Labute approximate surface area is 102 Å². The molecule has 0 radical (unpaired) electrons. The minimum atomic E-state index is -0.0611. The van der Waals surface area contributed by atoms with Gasteiger partial charge in [-0.25, -0.2) is 0 Å². The third kappa shape index (κ3) is 2.88. The molecule has 1 aromatic rings. The zero-order chi connectivity index (χ0) is 12.3. The van der Waals surface area contributed by atoms with Crippen molar-refractivity contribution in [1.29, 1.82) is 0 Å². The smallest absolute Gasteiger partial charge is 0.254 e. The van der Waals surface area contributed by atoms with Crippen molar-refractivity contribution in [3.8, 4) is 0 Å². The van der Waals surface area contributed by atoms with Crippen LogP contribution < -0.4 is 11.1 Å². The predicted octanol–water partition coefficient (Wildman–Crippen LogP) is 1.84. The summed E-state index contributed by atoms with van der Waals surface area (Å²) >= 11 is 0. The Hall–Kier alpha value is -1.29. The van der Waals surface area contributed by atoms with Gasteiger partial charge in [-0.2, -0.15) is 0 Å². The molecule has 0 bridgehead atoms. The predicted molar refractivity (Wildman–Crippen MR) is 65.7 cm³/mol. The van der Waals surface area contributed by atoms with Gasteiger partial charge < -0.3 is 15.5 Å². The Balaban J connectivity index is 1.86. The molecule has 1 aliphatic rings.